The third-order valence-electron chi connectivity index (χ3n) is 5.22. The van der Waals surface area contributed by atoms with Gasteiger partial charge in [0.2, 0.25) is 11.7 Å². The third kappa shape index (κ3) is 3.44. The van der Waals surface area contributed by atoms with Crippen molar-refractivity contribution in [3.05, 3.63) is 86.3 Å². The van der Waals surface area contributed by atoms with Gasteiger partial charge in [-0.25, -0.2) is 13.9 Å². The predicted molar refractivity (Wildman–Crippen MR) is 121 cm³/mol. The SMILES string of the molecule is CCc1ccc(NC(=O)Cn2nc3n(Cc4ccco4)c(=O)c4sccc4n3c2=O)cc1. The molecule has 0 spiro atoms. The maximum absolute atomic E-state index is 13.1. The number of benzene rings is 1. The molecule has 162 valence electrons. The Morgan fingerprint density at radius 2 is 1.97 bits per heavy atom. The van der Waals surface area contributed by atoms with Crippen LogP contribution in [0.3, 0.4) is 0 Å². The van der Waals surface area contributed by atoms with Gasteiger partial charge in [-0.2, -0.15) is 0 Å². The Balaban J connectivity index is 1.54. The maximum atomic E-state index is 13.1. The molecule has 9 nitrogen and oxygen atoms in total. The van der Waals surface area contributed by atoms with E-state index in [1.165, 1.54) is 26.6 Å². The first-order chi connectivity index (χ1) is 15.5. The van der Waals surface area contributed by atoms with Gasteiger partial charge in [-0.1, -0.05) is 19.1 Å². The molecule has 32 heavy (non-hydrogen) atoms. The van der Waals surface area contributed by atoms with Crippen LogP contribution in [0.2, 0.25) is 0 Å². The van der Waals surface area contributed by atoms with Crippen molar-refractivity contribution in [1.82, 2.24) is 18.7 Å². The Morgan fingerprint density at radius 3 is 2.69 bits per heavy atom. The molecule has 0 atom stereocenters. The normalized spacial score (nSPS) is 11.4. The molecule has 5 rings (SSSR count). The number of fused-ring (bicyclic) bond motifs is 3. The first-order valence-electron chi connectivity index (χ1n) is 10.1. The molecule has 0 bridgehead atoms. The number of aryl methyl sites for hydroxylation is 1. The monoisotopic (exact) mass is 449 g/mol. The van der Waals surface area contributed by atoms with Crippen molar-refractivity contribution < 1.29 is 9.21 Å². The number of anilines is 1. The summed E-state index contributed by atoms with van der Waals surface area (Å²) in [6, 6.07) is 12.7. The van der Waals surface area contributed by atoms with Crippen LogP contribution in [0.5, 0.6) is 0 Å². The van der Waals surface area contributed by atoms with Crippen molar-refractivity contribution in [2.75, 3.05) is 5.32 Å². The summed E-state index contributed by atoms with van der Waals surface area (Å²) in [5.74, 6) is 0.323. The van der Waals surface area contributed by atoms with E-state index in [4.69, 9.17) is 4.42 Å². The topological polar surface area (TPSA) is 104 Å². The van der Waals surface area contributed by atoms with E-state index >= 15 is 0 Å². The number of hydrogen-bond acceptors (Lipinski definition) is 6. The Labute approximate surface area is 185 Å². The van der Waals surface area contributed by atoms with E-state index in [1.807, 2.05) is 24.3 Å². The summed E-state index contributed by atoms with van der Waals surface area (Å²) in [5, 5.41) is 8.85. The van der Waals surface area contributed by atoms with Crippen LogP contribution < -0.4 is 16.6 Å². The van der Waals surface area contributed by atoms with Crippen LogP contribution in [-0.4, -0.2) is 24.7 Å². The van der Waals surface area contributed by atoms with Gasteiger partial charge in [-0.05, 0) is 47.7 Å². The lowest BCUT2D eigenvalue weighted by Gasteiger charge is -2.06. The van der Waals surface area contributed by atoms with Crippen molar-refractivity contribution in [1.29, 1.82) is 0 Å². The Bertz CT molecular complexity index is 1540. The number of carbonyl (C=O) groups excluding carboxylic acids is 1. The summed E-state index contributed by atoms with van der Waals surface area (Å²) >= 11 is 1.25. The molecule has 0 aliphatic heterocycles. The zero-order valence-electron chi connectivity index (χ0n) is 17.1. The highest BCUT2D eigenvalue weighted by Gasteiger charge is 2.20. The average molecular weight is 449 g/mol. The first kappa shape index (κ1) is 20.0. The largest absolute Gasteiger partial charge is 0.467 e. The van der Waals surface area contributed by atoms with Crippen molar-refractivity contribution >= 4 is 38.9 Å². The fourth-order valence-corrected chi connectivity index (χ4v) is 4.42. The minimum Gasteiger partial charge on any atom is -0.467 e. The van der Waals surface area contributed by atoms with Gasteiger partial charge in [-0.3, -0.25) is 14.2 Å². The van der Waals surface area contributed by atoms with Crippen LogP contribution in [0.25, 0.3) is 16.0 Å². The second-order valence-corrected chi connectivity index (χ2v) is 8.20. The Hall–Kier alpha value is -3.92. The molecule has 0 unspecified atom stereocenters. The lowest BCUT2D eigenvalue weighted by molar-refractivity contribution is -0.117. The number of furan rings is 1. The lowest BCUT2D eigenvalue weighted by Crippen LogP contribution is -2.29. The highest BCUT2D eigenvalue weighted by atomic mass is 32.1. The molecule has 0 saturated heterocycles. The minimum atomic E-state index is -0.493. The molecule has 1 amide bonds. The van der Waals surface area contributed by atoms with Crippen LogP contribution in [0.4, 0.5) is 5.69 Å². The van der Waals surface area contributed by atoms with E-state index in [0.29, 0.717) is 21.7 Å². The van der Waals surface area contributed by atoms with Crippen LogP contribution in [0, 0.1) is 0 Å². The summed E-state index contributed by atoms with van der Waals surface area (Å²) in [4.78, 5) is 38.8. The van der Waals surface area contributed by atoms with Gasteiger partial charge < -0.3 is 9.73 Å². The van der Waals surface area contributed by atoms with Crippen LogP contribution in [0.1, 0.15) is 18.2 Å². The molecule has 4 aromatic heterocycles. The Kier molecular flexibility index (Phi) is 4.98. The quantitative estimate of drug-likeness (QED) is 0.429. The highest BCUT2D eigenvalue weighted by Crippen LogP contribution is 2.18. The zero-order chi connectivity index (χ0) is 22.2. The van der Waals surface area contributed by atoms with Crippen LogP contribution in [0.15, 0.2) is 68.1 Å². The summed E-state index contributed by atoms with van der Waals surface area (Å²) in [6.07, 6.45) is 2.42. The average Bonchev–Trinajstić information content (AvgIpc) is 3.53. The van der Waals surface area contributed by atoms with E-state index in [2.05, 4.69) is 17.3 Å². The maximum Gasteiger partial charge on any atom is 0.352 e. The van der Waals surface area contributed by atoms with Crippen molar-refractivity contribution in [2.45, 2.75) is 26.4 Å². The number of amides is 1. The van der Waals surface area contributed by atoms with Gasteiger partial charge >= 0.3 is 5.69 Å². The molecule has 5 aromatic rings. The molecule has 0 saturated carbocycles. The van der Waals surface area contributed by atoms with E-state index < -0.39 is 5.69 Å². The molecule has 0 fully saturated rings. The number of rotatable bonds is 6. The number of thiophene rings is 1. The Morgan fingerprint density at radius 1 is 1.16 bits per heavy atom. The second-order valence-electron chi connectivity index (χ2n) is 7.28. The fourth-order valence-electron chi connectivity index (χ4n) is 3.60. The zero-order valence-corrected chi connectivity index (χ0v) is 18.0. The summed E-state index contributed by atoms with van der Waals surface area (Å²) in [5.41, 5.74) is 1.51. The molecule has 10 heteroatoms. The summed E-state index contributed by atoms with van der Waals surface area (Å²) in [7, 11) is 0. The smallest absolute Gasteiger partial charge is 0.352 e. The summed E-state index contributed by atoms with van der Waals surface area (Å²) in [6.45, 7) is 1.89. The third-order valence-corrected chi connectivity index (χ3v) is 6.11. The van der Waals surface area contributed by atoms with E-state index in [-0.39, 0.29) is 30.3 Å². The van der Waals surface area contributed by atoms with Gasteiger partial charge in [0.05, 0.1) is 18.3 Å². The first-order valence-corrected chi connectivity index (χ1v) is 10.9. The number of hydrogen-bond donors (Lipinski definition) is 1. The van der Waals surface area contributed by atoms with Gasteiger partial charge in [0.15, 0.2) is 0 Å². The standard InChI is InChI=1S/C22H19N5O4S/c1-2-14-5-7-15(8-6-14)23-18(28)13-26-22(30)27-17-9-11-32-19(17)20(29)25(21(27)24-26)12-16-4-3-10-31-16/h3-11H,2,12-13H2,1H3,(H,23,28). The van der Waals surface area contributed by atoms with Crippen LogP contribution in [-0.2, 0) is 24.3 Å². The van der Waals surface area contributed by atoms with Gasteiger partial charge in [0, 0.05) is 5.69 Å². The van der Waals surface area contributed by atoms with Crippen LogP contribution >= 0.6 is 11.3 Å². The minimum absolute atomic E-state index is 0.121. The fraction of sp³-hybridized carbons (Fsp3) is 0.182. The number of nitrogens with one attached hydrogen (secondary N) is 1. The molecule has 1 aromatic carbocycles. The number of carbonyl (C=O) groups is 1. The molecular weight excluding hydrogens is 430 g/mol. The lowest BCUT2D eigenvalue weighted by atomic mass is 10.1. The second kappa shape index (κ2) is 7.97. The molecule has 0 aliphatic carbocycles. The van der Waals surface area contributed by atoms with Crippen molar-refractivity contribution in [3.8, 4) is 0 Å². The predicted octanol–water partition coefficient (Wildman–Crippen LogP) is 2.71. The van der Waals surface area contributed by atoms with Crippen molar-refractivity contribution in [3.63, 3.8) is 0 Å². The molecule has 0 radical (unpaired) electrons. The van der Waals surface area contributed by atoms with E-state index in [1.54, 1.807) is 23.6 Å². The van der Waals surface area contributed by atoms with E-state index in [0.717, 1.165) is 16.7 Å². The van der Waals surface area contributed by atoms with Gasteiger partial charge in [-0.15, -0.1) is 16.4 Å². The number of nitrogens with zero attached hydrogens (tertiary/aromatic N) is 4. The van der Waals surface area contributed by atoms with Gasteiger partial charge in [0.25, 0.3) is 5.56 Å². The molecule has 0 aliphatic rings. The highest BCUT2D eigenvalue weighted by molar-refractivity contribution is 7.17. The molecular formula is C22H19N5O4S. The molecule has 1 N–H and O–H groups in total. The van der Waals surface area contributed by atoms with E-state index in [9.17, 15) is 14.4 Å². The number of aromatic nitrogens is 4. The summed E-state index contributed by atoms with van der Waals surface area (Å²) < 4.78 is 9.63. The van der Waals surface area contributed by atoms with Crippen molar-refractivity contribution in [2.24, 2.45) is 0 Å². The molecule has 4 heterocycles. The van der Waals surface area contributed by atoms with Gasteiger partial charge in [0.1, 0.15) is 17.0 Å².